The van der Waals surface area contributed by atoms with E-state index in [0.29, 0.717) is 13.0 Å². The zero-order valence-electron chi connectivity index (χ0n) is 12.0. The number of allylic oxidation sites excluding steroid dienone is 1. The molecule has 0 fully saturated rings. The summed E-state index contributed by atoms with van der Waals surface area (Å²) in [5.74, 6) is 1.47. The second kappa shape index (κ2) is 8.84. The first-order valence-corrected chi connectivity index (χ1v) is 6.94. The van der Waals surface area contributed by atoms with Crippen LogP contribution in [0.1, 0.15) is 11.1 Å². The van der Waals surface area contributed by atoms with Crippen molar-refractivity contribution >= 4 is 11.6 Å². The van der Waals surface area contributed by atoms with Crippen molar-refractivity contribution in [1.82, 2.24) is 5.32 Å². The summed E-state index contributed by atoms with van der Waals surface area (Å²) in [4.78, 5) is 0. The molecule has 1 aromatic rings. The maximum absolute atomic E-state index is 8.99. The Labute approximate surface area is 125 Å². The average molecular weight is 300 g/mol. The molecule has 4 nitrogen and oxygen atoms in total. The molecular formula is C15H22ClNO3. The molecule has 1 unspecified atom stereocenters. The number of methoxy groups -OCH3 is 2. The van der Waals surface area contributed by atoms with E-state index in [-0.39, 0.29) is 0 Å². The first kappa shape index (κ1) is 16.8. The maximum Gasteiger partial charge on any atom is 0.164 e. The molecule has 2 N–H and O–H groups in total. The number of rotatable bonds is 9. The summed E-state index contributed by atoms with van der Waals surface area (Å²) < 4.78 is 10.8. The summed E-state index contributed by atoms with van der Waals surface area (Å²) in [5.41, 5.74) is 1.39. The van der Waals surface area contributed by atoms with Crippen LogP contribution in [0.3, 0.4) is 0 Å². The highest BCUT2D eigenvalue weighted by Gasteiger charge is 2.13. The minimum Gasteiger partial charge on any atom is -0.493 e. The predicted octanol–water partition coefficient (Wildman–Crippen LogP) is 2.12. The van der Waals surface area contributed by atoms with Gasteiger partial charge in [0, 0.05) is 12.1 Å². The third-order valence-corrected chi connectivity index (χ3v) is 3.13. The van der Waals surface area contributed by atoms with E-state index in [9.17, 15) is 0 Å². The Balaban J connectivity index is 2.86. The van der Waals surface area contributed by atoms with Crippen molar-refractivity contribution in [3.63, 3.8) is 0 Å². The van der Waals surface area contributed by atoms with E-state index in [2.05, 4.69) is 11.9 Å². The Hall–Kier alpha value is -1.23. The summed E-state index contributed by atoms with van der Waals surface area (Å²) in [7, 11) is 3.26. The topological polar surface area (TPSA) is 50.7 Å². The van der Waals surface area contributed by atoms with Crippen LogP contribution in [0.2, 0.25) is 0 Å². The first-order chi connectivity index (χ1) is 9.63. The van der Waals surface area contributed by atoms with Crippen molar-refractivity contribution in [3.05, 3.63) is 35.9 Å². The Morgan fingerprint density at radius 2 is 2.15 bits per heavy atom. The van der Waals surface area contributed by atoms with E-state index in [1.165, 1.54) is 5.56 Å². The molecule has 1 atom stereocenters. The third kappa shape index (κ3) is 4.71. The van der Waals surface area contributed by atoms with Crippen molar-refractivity contribution in [1.29, 1.82) is 0 Å². The Morgan fingerprint density at radius 3 is 2.70 bits per heavy atom. The number of benzene rings is 1. The van der Waals surface area contributed by atoms with E-state index < -0.39 is 5.56 Å². The molecule has 20 heavy (non-hydrogen) atoms. The SMILES string of the molecule is C=CCc1c(CCNCC(O)Cl)ccc(OC)c1OC. The molecule has 0 spiro atoms. The number of nitrogens with one attached hydrogen (secondary N) is 1. The number of aliphatic hydroxyl groups excluding tert-OH is 1. The largest absolute Gasteiger partial charge is 0.493 e. The predicted molar refractivity (Wildman–Crippen MR) is 81.9 cm³/mol. The van der Waals surface area contributed by atoms with Gasteiger partial charge in [-0.05, 0) is 31.0 Å². The van der Waals surface area contributed by atoms with E-state index in [1.807, 2.05) is 18.2 Å². The van der Waals surface area contributed by atoms with Crippen LogP contribution in [0.5, 0.6) is 11.5 Å². The van der Waals surface area contributed by atoms with E-state index >= 15 is 0 Å². The summed E-state index contributed by atoms with van der Waals surface area (Å²) in [6.07, 6.45) is 3.37. The molecule has 0 saturated carbocycles. The zero-order valence-corrected chi connectivity index (χ0v) is 12.7. The van der Waals surface area contributed by atoms with E-state index in [4.69, 9.17) is 26.2 Å². The van der Waals surface area contributed by atoms with Gasteiger partial charge in [0.2, 0.25) is 0 Å². The second-order valence-electron chi connectivity index (χ2n) is 4.32. The second-order valence-corrected chi connectivity index (χ2v) is 4.82. The molecule has 0 bridgehead atoms. The number of hydrogen-bond acceptors (Lipinski definition) is 4. The molecule has 0 radical (unpaired) electrons. The molecule has 0 aliphatic heterocycles. The molecular weight excluding hydrogens is 278 g/mol. The van der Waals surface area contributed by atoms with Gasteiger partial charge in [0.05, 0.1) is 14.2 Å². The Kier molecular flexibility index (Phi) is 7.44. The summed E-state index contributed by atoms with van der Waals surface area (Å²) in [5, 5.41) is 12.1. The van der Waals surface area contributed by atoms with E-state index in [0.717, 1.165) is 30.0 Å². The fourth-order valence-corrected chi connectivity index (χ4v) is 2.19. The first-order valence-electron chi connectivity index (χ1n) is 6.50. The minimum atomic E-state index is -0.854. The number of halogens is 1. The summed E-state index contributed by atoms with van der Waals surface area (Å²) in [6.45, 7) is 4.88. The molecule has 0 aliphatic carbocycles. The van der Waals surface area contributed by atoms with Crippen LogP contribution in [0.4, 0.5) is 0 Å². The van der Waals surface area contributed by atoms with Crippen molar-refractivity contribution < 1.29 is 14.6 Å². The lowest BCUT2D eigenvalue weighted by Gasteiger charge is -2.16. The van der Waals surface area contributed by atoms with Crippen LogP contribution < -0.4 is 14.8 Å². The molecule has 112 valence electrons. The molecule has 0 amide bonds. The van der Waals surface area contributed by atoms with Gasteiger partial charge in [-0.3, -0.25) is 0 Å². The Morgan fingerprint density at radius 1 is 1.40 bits per heavy atom. The number of alkyl halides is 1. The van der Waals surface area contributed by atoms with Crippen molar-refractivity contribution in [2.45, 2.75) is 18.4 Å². The highest BCUT2D eigenvalue weighted by molar-refractivity contribution is 6.19. The van der Waals surface area contributed by atoms with Gasteiger partial charge in [-0.1, -0.05) is 23.7 Å². The third-order valence-electron chi connectivity index (χ3n) is 2.98. The van der Waals surface area contributed by atoms with Crippen LogP contribution in [0, 0.1) is 0 Å². The molecule has 5 heteroatoms. The number of hydrogen-bond donors (Lipinski definition) is 2. The molecule has 0 heterocycles. The van der Waals surface area contributed by atoms with Gasteiger partial charge in [-0.15, -0.1) is 6.58 Å². The fraction of sp³-hybridized carbons (Fsp3) is 0.467. The zero-order chi connectivity index (χ0) is 15.0. The normalized spacial score (nSPS) is 12.0. The van der Waals surface area contributed by atoms with Crippen molar-refractivity contribution in [2.24, 2.45) is 0 Å². The van der Waals surface area contributed by atoms with Crippen molar-refractivity contribution in [2.75, 3.05) is 27.3 Å². The Bertz CT molecular complexity index is 435. The highest BCUT2D eigenvalue weighted by Crippen LogP contribution is 2.34. The van der Waals surface area contributed by atoms with Gasteiger partial charge in [0.25, 0.3) is 0 Å². The summed E-state index contributed by atoms with van der Waals surface area (Å²) in [6, 6.07) is 3.93. The van der Waals surface area contributed by atoms with Gasteiger partial charge >= 0.3 is 0 Å². The molecule has 0 aromatic heterocycles. The van der Waals surface area contributed by atoms with Crippen LogP contribution >= 0.6 is 11.6 Å². The lowest BCUT2D eigenvalue weighted by molar-refractivity contribution is 0.251. The minimum absolute atomic E-state index is 0.367. The van der Waals surface area contributed by atoms with Gasteiger partial charge in [0.1, 0.15) is 5.56 Å². The fourth-order valence-electron chi connectivity index (χ4n) is 2.08. The molecule has 1 rings (SSSR count). The van der Waals surface area contributed by atoms with Crippen LogP contribution in [-0.2, 0) is 12.8 Å². The van der Waals surface area contributed by atoms with E-state index in [1.54, 1.807) is 14.2 Å². The van der Waals surface area contributed by atoms with Crippen LogP contribution in [0.25, 0.3) is 0 Å². The maximum atomic E-state index is 8.99. The summed E-state index contributed by atoms with van der Waals surface area (Å²) >= 11 is 5.47. The smallest absolute Gasteiger partial charge is 0.164 e. The monoisotopic (exact) mass is 299 g/mol. The van der Waals surface area contributed by atoms with Gasteiger partial charge in [-0.2, -0.15) is 0 Å². The molecule has 0 saturated heterocycles. The van der Waals surface area contributed by atoms with Gasteiger partial charge < -0.3 is 19.9 Å². The van der Waals surface area contributed by atoms with Crippen molar-refractivity contribution in [3.8, 4) is 11.5 Å². The van der Waals surface area contributed by atoms with Gasteiger partial charge in [0.15, 0.2) is 11.5 Å². The highest BCUT2D eigenvalue weighted by atomic mass is 35.5. The van der Waals surface area contributed by atoms with Gasteiger partial charge in [-0.25, -0.2) is 0 Å². The molecule has 1 aromatic carbocycles. The lowest BCUT2D eigenvalue weighted by Crippen LogP contribution is -2.25. The molecule has 0 aliphatic rings. The number of ether oxygens (including phenoxy) is 2. The number of aliphatic hydroxyl groups is 1. The quantitative estimate of drug-likeness (QED) is 0.417. The van der Waals surface area contributed by atoms with Crippen LogP contribution in [-0.4, -0.2) is 38.0 Å². The standard InChI is InChI=1S/C15H22ClNO3/c1-4-5-12-11(8-9-17-10-14(16)18)6-7-13(19-2)15(12)20-3/h4,6-7,14,17-18H,1,5,8-10H2,2-3H3. The van der Waals surface area contributed by atoms with Crippen LogP contribution in [0.15, 0.2) is 24.8 Å². The average Bonchev–Trinajstić information content (AvgIpc) is 2.44. The lowest BCUT2D eigenvalue weighted by atomic mass is 10.00.